The molecule has 174 valence electrons. The van der Waals surface area contributed by atoms with Crippen LogP contribution >= 0.6 is 34.2 Å². The minimum Gasteiger partial charge on any atom is -0.611 e. The summed E-state index contributed by atoms with van der Waals surface area (Å²) in [5.74, 6) is 2.51. The summed E-state index contributed by atoms with van der Waals surface area (Å²) in [6, 6.07) is 0. The maximum Gasteiger partial charge on any atom is 0.227 e. The van der Waals surface area contributed by atoms with Crippen molar-refractivity contribution in [1.29, 1.82) is 0 Å². The summed E-state index contributed by atoms with van der Waals surface area (Å²) >= 11 is 7.62. The van der Waals surface area contributed by atoms with Gasteiger partial charge in [0.1, 0.15) is 14.3 Å². The number of nitrogens with zero attached hydrogens (tertiary/aromatic N) is 3. The SMILES string of the molecule is CC(C)(O)C1(Nc2nc(N3CCC(C4=CC[C@](Cl)(I)C=C4)CC3)nc3c2[S+]([O-])CC3)CC1. The molecule has 0 spiro atoms. The Kier molecular flexibility index (Phi) is 6.01. The number of nitrogens with one attached hydrogen (secondary N) is 1. The predicted octanol–water partition coefficient (Wildman–Crippen LogP) is 4.33. The van der Waals surface area contributed by atoms with E-state index in [9.17, 15) is 9.66 Å². The number of anilines is 2. The van der Waals surface area contributed by atoms with E-state index in [4.69, 9.17) is 21.6 Å². The molecular formula is C23H30ClIN4O2S. The van der Waals surface area contributed by atoms with Crippen molar-refractivity contribution in [2.24, 2.45) is 5.92 Å². The van der Waals surface area contributed by atoms with Crippen molar-refractivity contribution in [3.05, 3.63) is 29.5 Å². The molecule has 2 aliphatic carbocycles. The minimum absolute atomic E-state index is 0.286. The standard InChI is InChI=1S/C23H30ClIN4O2S/c1-21(2,30)22(10-11-22)28-19-18-17(7-14-32(18)31)26-20(27-19)29-12-5-16(6-13-29)15-3-8-23(24,25)9-4-15/h3-4,8,16,30H,5-7,9-14H2,1-2H3,(H,26,27,28)/t23-,32?/m1/s1. The molecule has 0 radical (unpaired) electrons. The molecule has 2 aliphatic heterocycles. The molecule has 5 rings (SSSR count). The number of halogens is 2. The predicted molar refractivity (Wildman–Crippen MR) is 138 cm³/mol. The van der Waals surface area contributed by atoms with Crippen LogP contribution in [0.25, 0.3) is 0 Å². The average molecular weight is 589 g/mol. The minimum atomic E-state index is -1.09. The number of rotatable bonds is 5. The third-order valence-corrected chi connectivity index (χ3v) is 9.87. The van der Waals surface area contributed by atoms with Crippen molar-refractivity contribution in [2.45, 2.75) is 71.3 Å². The first-order valence-electron chi connectivity index (χ1n) is 11.4. The van der Waals surface area contributed by atoms with Crippen LogP contribution in [0.4, 0.5) is 11.8 Å². The van der Waals surface area contributed by atoms with E-state index >= 15 is 0 Å². The normalized spacial score (nSPS) is 29.6. The molecule has 1 aromatic rings. The second-order valence-corrected chi connectivity index (χ2v) is 14.7. The van der Waals surface area contributed by atoms with Crippen LogP contribution in [0.1, 0.15) is 51.6 Å². The third-order valence-electron chi connectivity index (χ3n) is 7.33. The van der Waals surface area contributed by atoms with Crippen LogP contribution in [0.2, 0.25) is 0 Å². The number of aromatic nitrogens is 2. The summed E-state index contributed by atoms with van der Waals surface area (Å²) in [4.78, 5) is 12.7. The monoisotopic (exact) mass is 588 g/mol. The second kappa shape index (κ2) is 8.29. The van der Waals surface area contributed by atoms with E-state index in [1.165, 1.54) is 5.57 Å². The average Bonchev–Trinajstić information content (AvgIpc) is 3.44. The summed E-state index contributed by atoms with van der Waals surface area (Å²) in [5, 5.41) is 14.2. The molecule has 1 aromatic heterocycles. The highest BCUT2D eigenvalue weighted by Crippen LogP contribution is 2.48. The highest BCUT2D eigenvalue weighted by atomic mass is 127. The molecule has 1 unspecified atom stereocenters. The zero-order valence-corrected chi connectivity index (χ0v) is 22.3. The Morgan fingerprint density at radius 2 is 2.03 bits per heavy atom. The summed E-state index contributed by atoms with van der Waals surface area (Å²) in [6.07, 6.45) is 12.0. The largest absolute Gasteiger partial charge is 0.611 e. The molecule has 4 aliphatic rings. The van der Waals surface area contributed by atoms with E-state index < -0.39 is 22.3 Å². The quantitative estimate of drug-likeness (QED) is 0.303. The topological polar surface area (TPSA) is 84.3 Å². The molecule has 0 bridgehead atoms. The van der Waals surface area contributed by atoms with Gasteiger partial charge in [-0.15, -0.1) is 11.6 Å². The Bertz CT molecular complexity index is 965. The Labute approximate surface area is 211 Å². The van der Waals surface area contributed by atoms with Crippen molar-refractivity contribution in [3.8, 4) is 0 Å². The molecule has 3 heterocycles. The first-order chi connectivity index (χ1) is 15.1. The van der Waals surface area contributed by atoms with Crippen molar-refractivity contribution in [2.75, 3.05) is 29.1 Å². The van der Waals surface area contributed by atoms with E-state index in [1.54, 1.807) is 0 Å². The van der Waals surface area contributed by atoms with Gasteiger partial charge >= 0.3 is 0 Å². The zero-order chi connectivity index (χ0) is 22.7. The number of alkyl halides is 2. The van der Waals surface area contributed by atoms with Gasteiger partial charge in [-0.1, -0.05) is 40.8 Å². The Balaban J connectivity index is 1.34. The van der Waals surface area contributed by atoms with E-state index in [2.05, 4.69) is 51.0 Å². The van der Waals surface area contributed by atoms with Crippen LogP contribution in [0.5, 0.6) is 0 Å². The Hall–Kier alpha value is -0.550. The van der Waals surface area contributed by atoms with Crippen LogP contribution < -0.4 is 10.2 Å². The number of allylic oxidation sites excluding steroid dienone is 4. The molecule has 6 nitrogen and oxygen atoms in total. The molecule has 0 aromatic carbocycles. The Morgan fingerprint density at radius 3 is 2.62 bits per heavy atom. The highest BCUT2D eigenvalue weighted by molar-refractivity contribution is 14.1. The maximum absolute atomic E-state index is 12.7. The first kappa shape index (κ1) is 23.2. The van der Waals surface area contributed by atoms with Crippen LogP contribution in [0.3, 0.4) is 0 Å². The van der Waals surface area contributed by atoms with Crippen LogP contribution in [-0.2, 0) is 17.6 Å². The Morgan fingerprint density at radius 1 is 1.31 bits per heavy atom. The van der Waals surface area contributed by atoms with E-state index in [0.29, 0.717) is 23.9 Å². The maximum atomic E-state index is 12.7. The molecule has 9 heteroatoms. The summed E-state index contributed by atoms with van der Waals surface area (Å²) in [6.45, 7) is 5.45. The molecule has 2 atom stereocenters. The number of aliphatic hydroxyl groups is 1. The fourth-order valence-corrected chi connectivity index (χ4v) is 6.82. The van der Waals surface area contributed by atoms with Crippen LogP contribution in [0.15, 0.2) is 28.7 Å². The highest BCUT2D eigenvalue weighted by Gasteiger charge is 2.55. The van der Waals surface area contributed by atoms with E-state index in [0.717, 1.165) is 61.7 Å². The van der Waals surface area contributed by atoms with Gasteiger partial charge in [-0.25, -0.2) is 4.98 Å². The molecule has 0 amide bonds. The molecule has 32 heavy (non-hydrogen) atoms. The van der Waals surface area contributed by atoms with Gasteiger partial charge in [0.2, 0.25) is 10.8 Å². The summed E-state index contributed by atoms with van der Waals surface area (Å²) in [5.41, 5.74) is 1.01. The van der Waals surface area contributed by atoms with Crippen LogP contribution in [0, 0.1) is 5.92 Å². The number of fused-ring (bicyclic) bond motifs is 1. The number of piperidine rings is 1. The van der Waals surface area contributed by atoms with Crippen molar-refractivity contribution in [3.63, 3.8) is 0 Å². The fraction of sp³-hybridized carbons (Fsp3) is 0.652. The molecular weight excluding hydrogens is 559 g/mol. The van der Waals surface area contributed by atoms with Gasteiger partial charge in [0.25, 0.3) is 0 Å². The lowest BCUT2D eigenvalue weighted by Gasteiger charge is -2.35. The number of aryl methyl sites for hydroxylation is 1. The van der Waals surface area contributed by atoms with Gasteiger partial charge in [0.05, 0.1) is 11.1 Å². The van der Waals surface area contributed by atoms with E-state index in [1.807, 2.05) is 13.8 Å². The lowest BCUT2D eigenvalue weighted by atomic mass is 9.86. The van der Waals surface area contributed by atoms with Gasteiger partial charge in [0, 0.05) is 19.5 Å². The second-order valence-electron chi connectivity index (χ2n) is 9.98. The fourth-order valence-electron chi connectivity index (χ4n) is 4.98. The van der Waals surface area contributed by atoms with Crippen molar-refractivity contribution in [1.82, 2.24) is 9.97 Å². The van der Waals surface area contributed by atoms with Gasteiger partial charge in [-0.05, 0) is 68.6 Å². The first-order valence-corrected chi connectivity index (χ1v) is 14.2. The van der Waals surface area contributed by atoms with Gasteiger partial charge in [0.15, 0.2) is 5.82 Å². The van der Waals surface area contributed by atoms with E-state index in [-0.39, 0.29) is 2.88 Å². The van der Waals surface area contributed by atoms with Gasteiger partial charge < -0.3 is 19.9 Å². The molecule has 1 saturated heterocycles. The number of hydrogen-bond acceptors (Lipinski definition) is 6. The molecule has 2 fully saturated rings. The summed E-state index contributed by atoms with van der Waals surface area (Å²) < 4.78 is 12.4. The lowest BCUT2D eigenvalue weighted by Crippen LogP contribution is -2.45. The molecule has 1 saturated carbocycles. The number of hydrogen-bond donors (Lipinski definition) is 2. The summed E-state index contributed by atoms with van der Waals surface area (Å²) in [7, 11) is 0. The van der Waals surface area contributed by atoms with Crippen molar-refractivity contribution >= 4 is 57.1 Å². The molecule has 2 N–H and O–H groups in total. The smallest absolute Gasteiger partial charge is 0.227 e. The lowest BCUT2D eigenvalue weighted by molar-refractivity contribution is 0.0493. The van der Waals surface area contributed by atoms with Crippen LogP contribution in [-0.4, -0.2) is 52.5 Å². The zero-order valence-electron chi connectivity index (χ0n) is 18.5. The van der Waals surface area contributed by atoms with Gasteiger partial charge in [-0.2, -0.15) is 4.98 Å². The van der Waals surface area contributed by atoms with Gasteiger partial charge in [-0.3, -0.25) is 0 Å². The van der Waals surface area contributed by atoms with Crippen molar-refractivity contribution < 1.29 is 9.66 Å². The third kappa shape index (κ3) is 4.42.